The first-order valence-corrected chi connectivity index (χ1v) is 9.33. The van der Waals surface area contributed by atoms with Gasteiger partial charge in [0.15, 0.2) is 5.76 Å². The molecule has 0 bridgehead atoms. The minimum atomic E-state index is -0.563. The molecule has 150 valence electrons. The van der Waals surface area contributed by atoms with Crippen LogP contribution < -0.4 is 10.1 Å². The average Bonchev–Trinajstić information content (AvgIpc) is 3.18. The average molecular weight is 394 g/mol. The number of carbonyl (C=O) groups is 1. The zero-order valence-electron chi connectivity index (χ0n) is 16.3. The number of ether oxygens (including phenoxy) is 1. The van der Waals surface area contributed by atoms with E-state index in [1.165, 1.54) is 23.8 Å². The quantitative estimate of drug-likeness (QED) is 0.414. The molecule has 0 saturated carbocycles. The van der Waals surface area contributed by atoms with E-state index in [1.807, 2.05) is 24.3 Å². The third kappa shape index (κ3) is 5.22. The van der Waals surface area contributed by atoms with Crippen LogP contribution in [0.15, 0.2) is 59.0 Å². The number of hydrogen-bond acceptors (Lipinski definition) is 5. The number of carbonyl (C=O) groups excluding carboxylic acids is 1. The summed E-state index contributed by atoms with van der Waals surface area (Å²) in [5.41, 5.74) is 1.93. The fraction of sp³-hybridized carbons (Fsp3) is 0.227. The van der Waals surface area contributed by atoms with Crippen molar-refractivity contribution in [3.63, 3.8) is 0 Å². The van der Waals surface area contributed by atoms with E-state index >= 15 is 0 Å². The predicted molar refractivity (Wildman–Crippen MR) is 109 cm³/mol. The Morgan fingerprint density at radius 3 is 2.59 bits per heavy atom. The Morgan fingerprint density at radius 2 is 1.90 bits per heavy atom. The molecule has 0 fully saturated rings. The van der Waals surface area contributed by atoms with Gasteiger partial charge in [-0.1, -0.05) is 31.5 Å². The molecule has 3 aromatic rings. The Labute approximate surface area is 168 Å². The Hall–Kier alpha value is -3.61. The monoisotopic (exact) mass is 394 g/mol. The number of rotatable bonds is 8. The highest BCUT2D eigenvalue weighted by molar-refractivity contribution is 6.03. The molecule has 3 rings (SSSR count). The van der Waals surface area contributed by atoms with Crippen molar-refractivity contribution in [1.29, 1.82) is 0 Å². The smallest absolute Gasteiger partial charge is 0.293 e. The summed E-state index contributed by atoms with van der Waals surface area (Å²) in [5.74, 6) is 0.678. The molecule has 0 saturated heterocycles. The molecule has 0 aliphatic heterocycles. The molecule has 29 heavy (non-hydrogen) atoms. The van der Waals surface area contributed by atoms with Crippen molar-refractivity contribution in [2.75, 3.05) is 5.32 Å². The summed E-state index contributed by atoms with van der Waals surface area (Å²) in [6, 6.07) is 15.6. The van der Waals surface area contributed by atoms with Gasteiger partial charge in [0.25, 0.3) is 11.6 Å². The Balaban J connectivity index is 1.62. The van der Waals surface area contributed by atoms with Gasteiger partial charge >= 0.3 is 0 Å². The largest absolute Gasteiger partial charge is 0.486 e. The van der Waals surface area contributed by atoms with Crippen LogP contribution >= 0.6 is 0 Å². The summed E-state index contributed by atoms with van der Waals surface area (Å²) in [6.45, 7) is 4.05. The summed E-state index contributed by atoms with van der Waals surface area (Å²) in [5, 5.41) is 13.7. The van der Waals surface area contributed by atoms with Crippen molar-refractivity contribution in [1.82, 2.24) is 0 Å². The summed E-state index contributed by atoms with van der Waals surface area (Å²) in [6.07, 6.45) is 2.11. The van der Waals surface area contributed by atoms with E-state index in [2.05, 4.69) is 12.2 Å². The molecule has 0 radical (unpaired) electrons. The highest BCUT2D eigenvalue weighted by Crippen LogP contribution is 2.26. The molecule has 0 unspecified atom stereocenters. The SMILES string of the molecule is CCCc1ccc(OCc2ccc(C(=O)Nc3ccc(C)cc3[N+](=O)[O-])o2)cc1. The minimum absolute atomic E-state index is 0.0526. The number of benzene rings is 2. The first kappa shape index (κ1) is 20.1. The number of amides is 1. The van der Waals surface area contributed by atoms with E-state index in [1.54, 1.807) is 19.1 Å². The van der Waals surface area contributed by atoms with Crippen molar-refractivity contribution in [3.8, 4) is 5.75 Å². The zero-order chi connectivity index (χ0) is 20.8. The molecule has 1 aromatic heterocycles. The third-order valence-electron chi connectivity index (χ3n) is 4.33. The Bertz CT molecular complexity index is 1010. The molecule has 1 heterocycles. The highest BCUT2D eigenvalue weighted by atomic mass is 16.6. The minimum Gasteiger partial charge on any atom is -0.486 e. The second kappa shape index (κ2) is 9.05. The normalized spacial score (nSPS) is 10.6. The lowest BCUT2D eigenvalue weighted by molar-refractivity contribution is -0.384. The number of nitro benzene ring substituents is 1. The number of anilines is 1. The fourth-order valence-electron chi connectivity index (χ4n) is 2.86. The van der Waals surface area contributed by atoms with Gasteiger partial charge in [-0.15, -0.1) is 0 Å². The lowest BCUT2D eigenvalue weighted by atomic mass is 10.1. The maximum absolute atomic E-state index is 12.4. The van der Waals surface area contributed by atoms with Crippen LogP contribution in [0.25, 0.3) is 0 Å². The molecule has 0 spiro atoms. The van der Waals surface area contributed by atoms with Gasteiger partial charge in [-0.3, -0.25) is 14.9 Å². The van der Waals surface area contributed by atoms with E-state index < -0.39 is 10.8 Å². The van der Waals surface area contributed by atoms with E-state index in [9.17, 15) is 14.9 Å². The zero-order valence-corrected chi connectivity index (χ0v) is 16.3. The lowest BCUT2D eigenvalue weighted by Gasteiger charge is -2.06. The lowest BCUT2D eigenvalue weighted by Crippen LogP contribution is -2.12. The molecule has 1 amide bonds. The van der Waals surface area contributed by atoms with Crippen LogP contribution in [0.5, 0.6) is 5.75 Å². The van der Waals surface area contributed by atoms with E-state index in [0.717, 1.165) is 18.4 Å². The molecular formula is C22H22N2O5. The summed E-state index contributed by atoms with van der Waals surface area (Å²) in [7, 11) is 0. The molecule has 0 aliphatic rings. The summed E-state index contributed by atoms with van der Waals surface area (Å²) in [4.78, 5) is 23.0. The van der Waals surface area contributed by atoms with Crippen molar-refractivity contribution in [3.05, 3.63) is 87.4 Å². The molecule has 2 aromatic carbocycles. The second-order valence-electron chi connectivity index (χ2n) is 6.68. The van der Waals surface area contributed by atoms with Gasteiger partial charge in [0, 0.05) is 6.07 Å². The van der Waals surface area contributed by atoms with Crippen molar-refractivity contribution < 1.29 is 18.9 Å². The van der Waals surface area contributed by atoms with Gasteiger partial charge < -0.3 is 14.5 Å². The molecule has 7 nitrogen and oxygen atoms in total. The molecular weight excluding hydrogens is 372 g/mol. The molecule has 0 aliphatic carbocycles. The number of hydrogen-bond donors (Lipinski definition) is 1. The Kier molecular flexibility index (Phi) is 6.29. The molecule has 0 atom stereocenters. The fourth-order valence-corrected chi connectivity index (χ4v) is 2.86. The van der Waals surface area contributed by atoms with Gasteiger partial charge in [-0.05, 0) is 54.8 Å². The number of nitrogens with one attached hydrogen (secondary N) is 1. The van der Waals surface area contributed by atoms with Gasteiger partial charge in [0.05, 0.1) is 4.92 Å². The topological polar surface area (TPSA) is 94.6 Å². The van der Waals surface area contributed by atoms with Gasteiger partial charge in [0.1, 0.15) is 23.8 Å². The Morgan fingerprint density at radius 1 is 1.14 bits per heavy atom. The van der Waals surface area contributed by atoms with E-state index in [-0.39, 0.29) is 23.7 Å². The van der Waals surface area contributed by atoms with Crippen LogP contribution in [-0.4, -0.2) is 10.8 Å². The van der Waals surface area contributed by atoms with Crippen LogP contribution in [0.1, 0.15) is 40.8 Å². The maximum Gasteiger partial charge on any atom is 0.293 e. The predicted octanol–water partition coefficient (Wildman–Crippen LogP) is 5.28. The van der Waals surface area contributed by atoms with E-state index in [4.69, 9.17) is 9.15 Å². The third-order valence-corrected chi connectivity index (χ3v) is 4.33. The first-order valence-electron chi connectivity index (χ1n) is 9.33. The van der Waals surface area contributed by atoms with Crippen LogP contribution in [0, 0.1) is 17.0 Å². The van der Waals surface area contributed by atoms with Crippen molar-refractivity contribution >= 4 is 17.3 Å². The first-order chi connectivity index (χ1) is 14.0. The number of nitro groups is 1. The van der Waals surface area contributed by atoms with Gasteiger partial charge in [0.2, 0.25) is 0 Å². The van der Waals surface area contributed by atoms with Crippen LogP contribution in [-0.2, 0) is 13.0 Å². The van der Waals surface area contributed by atoms with Crippen LogP contribution in [0.2, 0.25) is 0 Å². The van der Waals surface area contributed by atoms with Crippen molar-refractivity contribution in [2.45, 2.75) is 33.3 Å². The van der Waals surface area contributed by atoms with Gasteiger partial charge in [-0.2, -0.15) is 0 Å². The number of furan rings is 1. The van der Waals surface area contributed by atoms with Crippen molar-refractivity contribution in [2.24, 2.45) is 0 Å². The second-order valence-corrected chi connectivity index (χ2v) is 6.68. The highest BCUT2D eigenvalue weighted by Gasteiger charge is 2.19. The van der Waals surface area contributed by atoms with E-state index in [0.29, 0.717) is 11.5 Å². The number of aryl methyl sites for hydroxylation is 2. The standard InChI is InChI=1S/C22H22N2O5/c1-3-4-16-6-8-17(9-7-16)28-14-18-10-12-21(29-18)22(25)23-19-11-5-15(2)13-20(19)24(26)27/h5-13H,3-4,14H2,1-2H3,(H,23,25). The summed E-state index contributed by atoms with van der Waals surface area (Å²) >= 11 is 0. The molecule has 7 heteroatoms. The molecule has 1 N–H and O–H groups in total. The van der Waals surface area contributed by atoms with Crippen LogP contribution in [0.4, 0.5) is 11.4 Å². The summed E-state index contributed by atoms with van der Waals surface area (Å²) < 4.78 is 11.2. The number of nitrogens with zero attached hydrogens (tertiary/aromatic N) is 1. The van der Waals surface area contributed by atoms with Crippen LogP contribution in [0.3, 0.4) is 0 Å². The van der Waals surface area contributed by atoms with Gasteiger partial charge in [-0.25, -0.2) is 0 Å². The maximum atomic E-state index is 12.4.